The van der Waals surface area contributed by atoms with E-state index in [9.17, 15) is 4.79 Å². The molecule has 0 N–H and O–H groups in total. The Kier molecular flexibility index (Phi) is 6.47. The SMILES string of the molecule is COc1ccc(C(=O)/C=C/c2ccc(OCc3ccccc3)c(OC)c2)cc1. The second-order valence-corrected chi connectivity index (χ2v) is 6.11. The molecule has 3 rings (SSSR count). The molecular formula is C24H22O4. The molecule has 0 amide bonds. The smallest absolute Gasteiger partial charge is 0.185 e. The van der Waals surface area contributed by atoms with Crippen molar-refractivity contribution in [1.29, 1.82) is 0 Å². The maximum atomic E-state index is 12.3. The number of hydrogen-bond acceptors (Lipinski definition) is 4. The Morgan fingerprint density at radius 2 is 1.61 bits per heavy atom. The summed E-state index contributed by atoms with van der Waals surface area (Å²) in [5, 5.41) is 0. The topological polar surface area (TPSA) is 44.8 Å². The number of carbonyl (C=O) groups is 1. The van der Waals surface area contributed by atoms with E-state index in [4.69, 9.17) is 14.2 Å². The normalized spacial score (nSPS) is 10.6. The molecule has 3 aromatic rings. The molecule has 0 spiro atoms. The van der Waals surface area contributed by atoms with E-state index in [1.54, 1.807) is 50.6 Å². The second-order valence-electron chi connectivity index (χ2n) is 6.11. The molecule has 0 atom stereocenters. The summed E-state index contributed by atoms with van der Waals surface area (Å²) in [6.45, 7) is 0.461. The minimum Gasteiger partial charge on any atom is -0.497 e. The molecule has 0 saturated carbocycles. The van der Waals surface area contributed by atoms with E-state index in [-0.39, 0.29) is 5.78 Å². The third-order valence-corrected chi connectivity index (χ3v) is 4.23. The molecule has 0 unspecified atom stereocenters. The van der Waals surface area contributed by atoms with Crippen LogP contribution in [-0.2, 0) is 6.61 Å². The van der Waals surface area contributed by atoms with Crippen molar-refractivity contribution in [1.82, 2.24) is 0 Å². The Bertz CT molecular complexity index is 944. The summed E-state index contributed by atoms with van der Waals surface area (Å²) in [5.74, 6) is 1.92. The minimum atomic E-state index is -0.0778. The highest BCUT2D eigenvalue weighted by atomic mass is 16.5. The van der Waals surface area contributed by atoms with Crippen LogP contribution in [0.1, 0.15) is 21.5 Å². The lowest BCUT2D eigenvalue weighted by atomic mass is 10.1. The van der Waals surface area contributed by atoms with Gasteiger partial charge in [-0.15, -0.1) is 0 Å². The fourth-order valence-corrected chi connectivity index (χ4v) is 2.67. The zero-order valence-electron chi connectivity index (χ0n) is 15.9. The van der Waals surface area contributed by atoms with Crippen LogP contribution in [0.15, 0.2) is 78.9 Å². The third kappa shape index (κ3) is 5.01. The van der Waals surface area contributed by atoms with Crippen molar-refractivity contribution < 1.29 is 19.0 Å². The van der Waals surface area contributed by atoms with Gasteiger partial charge in [0.2, 0.25) is 0 Å². The molecule has 3 aromatic carbocycles. The van der Waals surface area contributed by atoms with Crippen molar-refractivity contribution in [3.05, 3.63) is 95.6 Å². The quantitative estimate of drug-likeness (QED) is 0.403. The van der Waals surface area contributed by atoms with E-state index in [2.05, 4.69) is 0 Å². The van der Waals surface area contributed by atoms with Crippen molar-refractivity contribution in [3.8, 4) is 17.2 Å². The van der Waals surface area contributed by atoms with Crippen LogP contribution in [0.5, 0.6) is 17.2 Å². The zero-order valence-corrected chi connectivity index (χ0v) is 15.9. The van der Waals surface area contributed by atoms with Crippen LogP contribution < -0.4 is 14.2 Å². The fourth-order valence-electron chi connectivity index (χ4n) is 2.67. The summed E-state index contributed by atoms with van der Waals surface area (Å²) in [5.41, 5.74) is 2.54. The van der Waals surface area contributed by atoms with Crippen LogP contribution >= 0.6 is 0 Å². The van der Waals surface area contributed by atoms with Gasteiger partial charge in [-0.25, -0.2) is 0 Å². The number of carbonyl (C=O) groups excluding carboxylic acids is 1. The van der Waals surface area contributed by atoms with Crippen LogP contribution in [0.4, 0.5) is 0 Å². The Labute approximate surface area is 165 Å². The van der Waals surface area contributed by atoms with Crippen LogP contribution in [0.2, 0.25) is 0 Å². The number of ketones is 1. The van der Waals surface area contributed by atoms with E-state index >= 15 is 0 Å². The van der Waals surface area contributed by atoms with Gasteiger partial charge in [-0.2, -0.15) is 0 Å². The molecule has 0 aromatic heterocycles. The molecular weight excluding hydrogens is 352 g/mol. The number of ether oxygens (including phenoxy) is 3. The summed E-state index contributed by atoms with van der Waals surface area (Å²) in [6.07, 6.45) is 3.30. The molecule has 142 valence electrons. The van der Waals surface area contributed by atoms with Gasteiger partial charge < -0.3 is 14.2 Å². The molecule has 0 aliphatic rings. The standard InChI is InChI=1S/C24H22O4/c1-26-21-12-10-20(11-13-21)22(25)14-8-18-9-15-23(24(16-18)27-2)28-17-19-6-4-3-5-7-19/h3-16H,17H2,1-2H3/b14-8+. The van der Waals surface area contributed by atoms with Crippen LogP contribution in [-0.4, -0.2) is 20.0 Å². The summed E-state index contributed by atoms with van der Waals surface area (Å²) >= 11 is 0. The molecule has 4 nitrogen and oxygen atoms in total. The molecule has 0 aliphatic carbocycles. The van der Waals surface area contributed by atoms with Crippen LogP contribution in [0.25, 0.3) is 6.08 Å². The molecule has 0 saturated heterocycles. The third-order valence-electron chi connectivity index (χ3n) is 4.23. The average molecular weight is 374 g/mol. The van der Waals surface area contributed by atoms with E-state index in [1.165, 1.54) is 0 Å². The Morgan fingerprint density at radius 1 is 0.857 bits per heavy atom. The first-order chi connectivity index (χ1) is 13.7. The highest BCUT2D eigenvalue weighted by Crippen LogP contribution is 2.29. The zero-order chi connectivity index (χ0) is 19.8. The predicted molar refractivity (Wildman–Crippen MR) is 110 cm³/mol. The first kappa shape index (κ1) is 19.2. The minimum absolute atomic E-state index is 0.0778. The largest absolute Gasteiger partial charge is 0.497 e. The van der Waals surface area contributed by atoms with Crippen molar-refractivity contribution >= 4 is 11.9 Å². The number of hydrogen-bond donors (Lipinski definition) is 0. The Hall–Kier alpha value is -3.53. The first-order valence-electron chi connectivity index (χ1n) is 8.91. The van der Waals surface area contributed by atoms with E-state index in [0.29, 0.717) is 23.7 Å². The molecule has 0 bridgehead atoms. The van der Waals surface area contributed by atoms with Crippen LogP contribution in [0, 0.1) is 0 Å². The molecule has 4 heteroatoms. The molecule has 0 heterocycles. The van der Waals surface area contributed by atoms with Gasteiger partial charge in [-0.1, -0.05) is 42.5 Å². The second kappa shape index (κ2) is 9.42. The van der Waals surface area contributed by atoms with Gasteiger partial charge in [0, 0.05) is 5.56 Å². The maximum Gasteiger partial charge on any atom is 0.185 e. The van der Waals surface area contributed by atoms with Gasteiger partial charge >= 0.3 is 0 Å². The summed E-state index contributed by atoms with van der Waals surface area (Å²) < 4.78 is 16.4. The number of benzene rings is 3. The highest BCUT2D eigenvalue weighted by molar-refractivity contribution is 6.06. The molecule has 0 aliphatic heterocycles. The molecule has 0 radical (unpaired) electrons. The van der Waals surface area contributed by atoms with E-state index < -0.39 is 0 Å². The first-order valence-corrected chi connectivity index (χ1v) is 8.91. The Balaban J connectivity index is 1.68. The lowest BCUT2D eigenvalue weighted by Gasteiger charge is -2.11. The number of methoxy groups -OCH3 is 2. The monoisotopic (exact) mass is 374 g/mol. The van der Waals surface area contributed by atoms with Crippen LogP contribution in [0.3, 0.4) is 0 Å². The maximum absolute atomic E-state index is 12.3. The van der Waals surface area contributed by atoms with Crippen molar-refractivity contribution in [2.24, 2.45) is 0 Å². The average Bonchev–Trinajstić information content (AvgIpc) is 2.77. The lowest BCUT2D eigenvalue weighted by Crippen LogP contribution is -1.98. The van der Waals surface area contributed by atoms with Crippen molar-refractivity contribution in [2.75, 3.05) is 14.2 Å². The summed E-state index contributed by atoms with van der Waals surface area (Å²) in [7, 11) is 3.19. The van der Waals surface area contributed by atoms with Gasteiger partial charge in [0.1, 0.15) is 12.4 Å². The van der Waals surface area contributed by atoms with Gasteiger partial charge in [0.25, 0.3) is 0 Å². The van der Waals surface area contributed by atoms with Gasteiger partial charge in [-0.05, 0) is 53.6 Å². The Morgan fingerprint density at radius 3 is 2.29 bits per heavy atom. The molecule has 28 heavy (non-hydrogen) atoms. The van der Waals surface area contributed by atoms with Gasteiger partial charge in [0.05, 0.1) is 14.2 Å². The van der Waals surface area contributed by atoms with Crippen molar-refractivity contribution in [2.45, 2.75) is 6.61 Å². The summed E-state index contributed by atoms with van der Waals surface area (Å²) in [6, 6.07) is 22.5. The van der Waals surface area contributed by atoms with E-state index in [0.717, 1.165) is 16.9 Å². The van der Waals surface area contributed by atoms with E-state index in [1.807, 2.05) is 48.5 Å². The van der Waals surface area contributed by atoms with Gasteiger partial charge in [0.15, 0.2) is 17.3 Å². The predicted octanol–water partition coefficient (Wildman–Crippen LogP) is 5.18. The number of allylic oxidation sites excluding steroid dienone is 1. The highest BCUT2D eigenvalue weighted by Gasteiger charge is 2.06. The molecule has 0 fully saturated rings. The van der Waals surface area contributed by atoms with Gasteiger partial charge in [-0.3, -0.25) is 4.79 Å². The lowest BCUT2D eigenvalue weighted by molar-refractivity contribution is 0.104. The van der Waals surface area contributed by atoms with Crippen molar-refractivity contribution in [3.63, 3.8) is 0 Å². The number of rotatable bonds is 8. The summed E-state index contributed by atoms with van der Waals surface area (Å²) in [4.78, 5) is 12.3. The fraction of sp³-hybridized carbons (Fsp3) is 0.125.